The summed E-state index contributed by atoms with van der Waals surface area (Å²) in [6.45, 7) is 3.60. The van der Waals surface area contributed by atoms with Crippen molar-refractivity contribution in [2.45, 2.75) is 26.2 Å². The molecule has 1 aromatic carbocycles. The first-order valence-corrected chi connectivity index (χ1v) is 5.28. The number of nitrogens with two attached hydrogens (primary N) is 1. The Morgan fingerprint density at radius 2 is 2.25 bits per heavy atom. The van der Waals surface area contributed by atoms with Gasteiger partial charge in [0.25, 0.3) is 0 Å². The Morgan fingerprint density at radius 3 is 2.75 bits per heavy atom. The SMILES string of the molecule is CC=CCc1ccc(C(C)C(=O)O)c(N)c1. The first kappa shape index (κ1) is 12.3. The van der Waals surface area contributed by atoms with Gasteiger partial charge < -0.3 is 10.8 Å². The zero-order valence-electron chi connectivity index (χ0n) is 9.60. The van der Waals surface area contributed by atoms with E-state index in [4.69, 9.17) is 10.8 Å². The van der Waals surface area contributed by atoms with Crippen LogP contribution < -0.4 is 5.73 Å². The zero-order valence-corrected chi connectivity index (χ0v) is 9.60. The molecule has 0 amide bonds. The molecule has 3 nitrogen and oxygen atoms in total. The standard InChI is InChI=1S/C13H17NO2/c1-3-4-5-10-6-7-11(12(14)8-10)9(2)13(15)16/h3-4,6-9H,5,14H2,1-2H3,(H,15,16). The van der Waals surface area contributed by atoms with Crippen molar-refractivity contribution in [2.24, 2.45) is 0 Å². The molecule has 0 saturated carbocycles. The summed E-state index contributed by atoms with van der Waals surface area (Å²) in [5, 5.41) is 8.90. The predicted octanol–water partition coefficient (Wildman–Crippen LogP) is 2.58. The number of carboxylic acid groups (broad SMARTS) is 1. The number of hydrogen-bond acceptors (Lipinski definition) is 2. The fraction of sp³-hybridized carbons (Fsp3) is 0.308. The van der Waals surface area contributed by atoms with Gasteiger partial charge in [0.1, 0.15) is 0 Å². The maximum Gasteiger partial charge on any atom is 0.310 e. The van der Waals surface area contributed by atoms with Crippen LogP contribution in [0.1, 0.15) is 30.9 Å². The number of carbonyl (C=O) groups is 1. The summed E-state index contributed by atoms with van der Waals surface area (Å²) in [5.74, 6) is -1.41. The van der Waals surface area contributed by atoms with Crippen LogP contribution in [0.25, 0.3) is 0 Å². The maximum absolute atomic E-state index is 10.8. The molecule has 16 heavy (non-hydrogen) atoms. The average Bonchev–Trinajstić information content (AvgIpc) is 2.25. The fourth-order valence-electron chi connectivity index (χ4n) is 1.53. The summed E-state index contributed by atoms with van der Waals surface area (Å²) < 4.78 is 0. The van der Waals surface area contributed by atoms with Crippen molar-refractivity contribution < 1.29 is 9.90 Å². The highest BCUT2D eigenvalue weighted by atomic mass is 16.4. The van der Waals surface area contributed by atoms with Crippen molar-refractivity contribution in [3.8, 4) is 0 Å². The van der Waals surface area contributed by atoms with Crippen LogP contribution in [0.5, 0.6) is 0 Å². The van der Waals surface area contributed by atoms with Crippen LogP contribution in [0.15, 0.2) is 30.4 Å². The van der Waals surface area contributed by atoms with Gasteiger partial charge in [0.05, 0.1) is 5.92 Å². The molecule has 0 fully saturated rings. The minimum atomic E-state index is -0.854. The van der Waals surface area contributed by atoms with Crippen LogP contribution in [-0.4, -0.2) is 11.1 Å². The van der Waals surface area contributed by atoms with Gasteiger partial charge in [0.2, 0.25) is 0 Å². The topological polar surface area (TPSA) is 63.3 Å². The molecule has 0 aromatic heterocycles. The highest BCUT2D eigenvalue weighted by molar-refractivity contribution is 5.78. The van der Waals surface area contributed by atoms with Crippen LogP contribution in [0, 0.1) is 0 Å². The molecule has 1 rings (SSSR count). The minimum absolute atomic E-state index is 0.553. The summed E-state index contributed by atoms with van der Waals surface area (Å²) in [6, 6.07) is 5.56. The molecule has 86 valence electrons. The Balaban J connectivity index is 2.95. The molecule has 0 aliphatic rings. The number of hydrogen-bond donors (Lipinski definition) is 2. The van der Waals surface area contributed by atoms with E-state index < -0.39 is 11.9 Å². The van der Waals surface area contributed by atoms with Gasteiger partial charge in [0, 0.05) is 5.69 Å². The fourth-order valence-corrected chi connectivity index (χ4v) is 1.53. The molecule has 1 aromatic rings. The molecule has 0 aliphatic heterocycles. The number of anilines is 1. The molecule has 1 unspecified atom stereocenters. The lowest BCUT2D eigenvalue weighted by Gasteiger charge is -2.11. The molecule has 1 atom stereocenters. The van der Waals surface area contributed by atoms with E-state index in [0.717, 1.165) is 12.0 Å². The lowest BCUT2D eigenvalue weighted by Crippen LogP contribution is -2.10. The van der Waals surface area contributed by atoms with Crippen molar-refractivity contribution in [2.75, 3.05) is 5.73 Å². The molecule has 0 radical (unpaired) electrons. The average molecular weight is 219 g/mol. The number of aliphatic carboxylic acids is 1. The number of allylic oxidation sites excluding steroid dienone is 2. The summed E-state index contributed by atoms with van der Waals surface area (Å²) in [6.07, 6.45) is 4.83. The van der Waals surface area contributed by atoms with Crippen LogP contribution in [0.3, 0.4) is 0 Å². The monoisotopic (exact) mass is 219 g/mol. The van der Waals surface area contributed by atoms with E-state index in [9.17, 15) is 4.79 Å². The van der Waals surface area contributed by atoms with Crippen molar-refractivity contribution in [3.63, 3.8) is 0 Å². The van der Waals surface area contributed by atoms with Gasteiger partial charge in [-0.2, -0.15) is 0 Å². The van der Waals surface area contributed by atoms with Gasteiger partial charge in [-0.3, -0.25) is 4.79 Å². The lowest BCUT2D eigenvalue weighted by molar-refractivity contribution is -0.138. The first-order valence-electron chi connectivity index (χ1n) is 5.28. The molecule has 3 heteroatoms. The van der Waals surface area contributed by atoms with Gasteiger partial charge in [-0.05, 0) is 37.5 Å². The second kappa shape index (κ2) is 5.35. The van der Waals surface area contributed by atoms with E-state index in [2.05, 4.69) is 0 Å². The molecule has 0 aliphatic carbocycles. The zero-order chi connectivity index (χ0) is 12.1. The Morgan fingerprint density at radius 1 is 1.56 bits per heavy atom. The van der Waals surface area contributed by atoms with Crippen molar-refractivity contribution in [1.29, 1.82) is 0 Å². The summed E-state index contributed by atoms with van der Waals surface area (Å²) in [5.41, 5.74) is 8.17. The van der Waals surface area contributed by atoms with Crippen LogP contribution in [0.2, 0.25) is 0 Å². The molecule has 0 saturated heterocycles. The quantitative estimate of drug-likeness (QED) is 0.604. The van der Waals surface area contributed by atoms with Gasteiger partial charge in [-0.25, -0.2) is 0 Å². The van der Waals surface area contributed by atoms with Gasteiger partial charge >= 0.3 is 5.97 Å². The highest BCUT2D eigenvalue weighted by Crippen LogP contribution is 2.23. The van der Waals surface area contributed by atoms with Gasteiger partial charge in [0.15, 0.2) is 0 Å². The highest BCUT2D eigenvalue weighted by Gasteiger charge is 2.16. The summed E-state index contributed by atoms with van der Waals surface area (Å²) in [7, 11) is 0. The predicted molar refractivity (Wildman–Crippen MR) is 65.4 cm³/mol. The van der Waals surface area contributed by atoms with E-state index in [1.807, 2.05) is 31.2 Å². The van der Waals surface area contributed by atoms with E-state index in [1.165, 1.54) is 0 Å². The summed E-state index contributed by atoms with van der Waals surface area (Å²) >= 11 is 0. The molecular formula is C13H17NO2. The van der Waals surface area contributed by atoms with Crippen molar-refractivity contribution in [1.82, 2.24) is 0 Å². The van der Waals surface area contributed by atoms with Gasteiger partial charge in [-0.1, -0.05) is 24.3 Å². The van der Waals surface area contributed by atoms with E-state index in [0.29, 0.717) is 11.3 Å². The summed E-state index contributed by atoms with van der Waals surface area (Å²) in [4.78, 5) is 10.8. The smallest absolute Gasteiger partial charge is 0.310 e. The molecule has 0 spiro atoms. The third-order valence-electron chi connectivity index (χ3n) is 2.58. The third kappa shape index (κ3) is 2.86. The normalized spacial score (nSPS) is 12.9. The van der Waals surface area contributed by atoms with Crippen LogP contribution >= 0.6 is 0 Å². The number of benzene rings is 1. The van der Waals surface area contributed by atoms with E-state index >= 15 is 0 Å². The Bertz CT molecular complexity index is 410. The Labute approximate surface area is 95.6 Å². The minimum Gasteiger partial charge on any atom is -0.481 e. The molecular weight excluding hydrogens is 202 g/mol. The van der Waals surface area contributed by atoms with Crippen molar-refractivity contribution >= 4 is 11.7 Å². The second-order valence-electron chi connectivity index (χ2n) is 3.80. The Hall–Kier alpha value is -1.77. The number of rotatable bonds is 4. The Kier molecular flexibility index (Phi) is 4.11. The van der Waals surface area contributed by atoms with Gasteiger partial charge in [-0.15, -0.1) is 0 Å². The third-order valence-corrected chi connectivity index (χ3v) is 2.58. The first-order chi connectivity index (χ1) is 7.56. The number of nitrogen functional groups attached to an aromatic ring is 1. The lowest BCUT2D eigenvalue weighted by atomic mass is 9.97. The largest absolute Gasteiger partial charge is 0.481 e. The number of carboxylic acids is 1. The van der Waals surface area contributed by atoms with Crippen LogP contribution in [0.4, 0.5) is 5.69 Å². The van der Waals surface area contributed by atoms with Crippen LogP contribution in [-0.2, 0) is 11.2 Å². The van der Waals surface area contributed by atoms with Crippen molar-refractivity contribution in [3.05, 3.63) is 41.5 Å². The second-order valence-corrected chi connectivity index (χ2v) is 3.80. The molecule has 0 bridgehead atoms. The van der Waals surface area contributed by atoms with E-state index in [-0.39, 0.29) is 0 Å². The maximum atomic E-state index is 10.8. The molecule has 3 N–H and O–H groups in total. The van der Waals surface area contributed by atoms with E-state index in [1.54, 1.807) is 13.0 Å². The molecule has 0 heterocycles.